The van der Waals surface area contributed by atoms with Crippen LogP contribution in [0.1, 0.15) is 43.0 Å². The molecule has 100 valence electrons. The van der Waals surface area contributed by atoms with Crippen LogP contribution >= 0.6 is 0 Å². The first-order valence-electron chi connectivity index (χ1n) is 6.82. The van der Waals surface area contributed by atoms with Gasteiger partial charge in [0, 0.05) is 5.92 Å². The summed E-state index contributed by atoms with van der Waals surface area (Å²) in [7, 11) is 0. The van der Waals surface area contributed by atoms with Gasteiger partial charge in [0.1, 0.15) is 0 Å². The molecule has 2 rings (SSSR count). The topological polar surface area (TPSA) is 50.1 Å². The van der Waals surface area contributed by atoms with E-state index < -0.39 is 0 Å². The summed E-state index contributed by atoms with van der Waals surface area (Å²) >= 11 is 0. The lowest BCUT2D eigenvalue weighted by atomic mass is 9.85. The van der Waals surface area contributed by atoms with Crippen molar-refractivity contribution in [1.82, 2.24) is 10.9 Å². The number of aryl methyl sites for hydroxylation is 2. The Labute approximate surface area is 110 Å². The minimum absolute atomic E-state index is 0.0400. The molecular formula is C15H25N3. The highest BCUT2D eigenvalue weighted by molar-refractivity contribution is 5.31. The van der Waals surface area contributed by atoms with E-state index in [1.54, 1.807) is 0 Å². The van der Waals surface area contributed by atoms with Crippen LogP contribution in [0.15, 0.2) is 18.2 Å². The average Bonchev–Trinajstić information content (AvgIpc) is 2.58. The zero-order valence-electron chi connectivity index (χ0n) is 11.8. The molecule has 0 spiro atoms. The van der Waals surface area contributed by atoms with Gasteiger partial charge >= 0.3 is 0 Å². The Morgan fingerprint density at radius 3 is 2.28 bits per heavy atom. The fourth-order valence-corrected chi connectivity index (χ4v) is 2.95. The number of rotatable bonds is 3. The molecule has 3 heteroatoms. The Morgan fingerprint density at radius 1 is 1.11 bits per heavy atom. The van der Waals surface area contributed by atoms with Crippen LogP contribution in [0.2, 0.25) is 0 Å². The van der Waals surface area contributed by atoms with Crippen molar-refractivity contribution in [3.63, 3.8) is 0 Å². The highest BCUT2D eigenvalue weighted by Gasteiger charge is 2.34. The molecular weight excluding hydrogens is 222 g/mol. The van der Waals surface area contributed by atoms with Crippen LogP contribution in [0.5, 0.6) is 0 Å². The minimum Gasteiger partial charge on any atom is -0.315 e. The lowest BCUT2D eigenvalue weighted by Crippen LogP contribution is -2.39. The first kappa shape index (κ1) is 13.5. The number of hydrazine groups is 1. The zero-order chi connectivity index (χ0) is 13.3. The summed E-state index contributed by atoms with van der Waals surface area (Å²) in [5.41, 5.74) is 16.7. The van der Waals surface area contributed by atoms with Gasteiger partial charge in [0.15, 0.2) is 0 Å². The number of nitrogens with one attached hydrogen (secondary N) is 2. The summed E-state index contributed by atoms with van der Waals surface area (Å²) < 4.78 is 0. The molecule has 0 amide bonds. The molecule has 1 aliphatic heterocycles. The van der Waals surface area contributed by atoms with Crippen LogP contribution in [0.3, 0.4) is 0 Å². The van der Waals surface area contributed by atoms with Crippen molar-refractivity contribution in [2.75, 3.05) is 0 Å². The third-order valence-electron chi connectivity index (χ3n) is 3.64. The van der Waals surface area contributed by atoms with Gasteiger partial charge in [-0.3, -0.25) is 0 Å². The first-order chi connectivity index (χ1) is 8.47. The molecule has 1 aliphatic rings. The van der Waals surface area contributed by atoms with E-state index in [9.17, 15) is 0 Å². The SMILES string of the molecule is Cc1cc(C)cc(C2NNC(N)C2CC(C)C)c1. The van der Waals surface area contributed by atoms with Gasteiger partial charge in [0.05, 0.1) is 12.2 Å². The van der Waals surface area contributed by atoms with Crippen molar-refractivity contribution in [1.29, 1.82) is 0 Å². The number of benzene rings is 1. The number of hydrogen-bond acceptors (Lipinski definition) is 3. The third-order valence-corrected chi connectivity index (χ3v) is 3.64. The van der Waals surface area contributed by atoms with Crippen LogP contribution in [0.4, 0.5) is 0 Å². The van der Waals surface area contributed by atoms with Crippen LogP contribution in [-0.4, -0.2) is 6.17 Å². The predicted octanol–water partition coefficient (Wildman–Crippen LogP) is 2.40. The fraction of sp³-hybridized carbons (Fsp3) is 0.600. The van der Waals surface area contributed by atoms with Crippen LogP contribution < -0.4 is 16.6 Å². The molecule has 1 aromatic carbocycles. The molecule has 3 atom stereocenters. The number of nitrogens with two attached hydrogens (primary N) is 1. The van der Waals surface area contributed by atoms with Crippen molar-refractivity contribution < 1.29 is 0 Å². The van der Waals surface area contributed by atoms with E-state index in [1.807, 2.05) is 0 Å². The smallest absolute Gasteiger partial charge is 0.0726 e. The van der Waals surface area contributed by atoms with Gasteiger partial charge in [-0.05, 0) is 31.7 Å². The van der Waals surface area contributed by atoms with Gasteiger partial charge in [-0.15, -0.1) is 0 Å². The van der Waals surface area contributed by atoms with Crippen molar-refractivity contribution in [3.05, 3.63) is 34.9 Å². The van der Waals surface area contributed by atoms with E-state index in [4.69, 9.17) is 5.73 Å². The van der Waals surface area contributed by atoms with E-state index >= 15 is 0 Å². The fourth-order valence-electron chi connectivity index (χ4n) is 2.95. The van der Waals surface area contributed by atoms with Crippen LogP contribution in [0.25, 0.3) is 0 Å². The third kappa shape index (κ3) is 2.91. The second-order valence-corrected chi connectivity index (χ2v) is 6.01. The quantitative estimate of drug-likeness (QED) is 0.769. The second kappa shape index (κ2) is 5.39. The summed E-state index contributed by atoms with van der Waals surface area (Å²) in [5, 5.41) is 0. The molecule has 1 aromatic rings. The molecule has 1 heterocycles. The zero-order valence-corrected chi connectivity index (χ0v) is 11.8. The predicted molar refractivity (Wildman–Crippen MR) is 75.8 cm³/mol. The average molecular weight is 247 g/mol. The molecule has 0 saturated carbocycles. The lowest BCUT2D eigenvalue weighted by molar-refractivity contribution is 0.344. The molecule has 3 unspecified atom stereocenters. The Morgan fingerprint density at radius 2 is 1.72 bits per heavy atom. The largest absolute Gasteiger partial charge is 0.315 e. The summed E-state index contributed by atoms with van der Waals surface area (Å²) in [6.07, 6.45) is 1.18. The Balaban J connectivity index is 2.25. The summed E-state index contributed by atoms with van der Waals surface area (Å²) in [5.74, 6) is 1.11. The molecule has 3 nitrogen and oxygen atoms in total. The normalized spacial score (nSPS) is 28.0. The summed E-state index contributed by atoms with van der Waals surface area (Å²) in [6, 6.07) is 7.06. The van der Waals surface area contributed by atoms with Gasteiger partial charge in [-0.2, -0.15) is 0 Å². The highest BCUT2D eigenvalue weighted by atomic mass is 15.5. The first-order valence-corrected chi connectivity index (χ1v) is 6.82. The van der Waals surface area contributed by atoms with Gasteiger partial charge in [0.2, 0.25) is 0 Å². The molecule has 0 aromatic heterocycles. The molecule has 0 aliphatic carbocycles. The van der Waals surface area contributed by atoms with Crippen molar-refractivity contribution in [3.8, 4) is 0 Å². The minimum atomic E-state index is 0.0400. The van der Waals surface area contributed by atoms with Gasteiger partial charge < -0.3 is 5.73 Å². The van der Waals surface area contributed by atoms with Crippen molar-refractivity contribution in [2.24, 2.45) is 17.6 Å². The van der Waals surface area contributed by atoms with Gasteiger partial charge in [-0.25, -0.2) is 10.9 Å². The summed E-state index contributed by atoms with van der Waals surface area (Å²) in [6.45, 7) is 8.81. The Hall–Kier alpha value is -0.900. The molecule has 18 heavy (non-hydrogen) atoms. The van der Waals surface area contributed by atoms with Crippen molar-refractivity contribution in [2.45, 2.75) is 46.3 Å². The molecule has 0 bridgehead atoms. The molecule has 0 radical (unpaired) electrons. The monoisotopic (exact) mass is 247 g/mol. The van der Waals surface area contributed by atoms with Crippen molar-refractivity contribution >= 4 is 0 Å². The van der Waals surface area contributed by atoms with E-state index in [0.717, 1.165) is 6.42 Å². The maximum Gasteiger partial charge on any atom is 0.0726 e. The highest BCUT2D eigenvalue weighted by Crippen LogP contribution is 2.32. The Bertz CT molecular complexity index is 394. The van der Waals surface area contributed by atoms with E-state index in [2.05, 4.69) is 56.7 Å². The summed E-state index contributed by atoms with van der Waals surface area (Å²) in [4.78, 5) is 0. The second-order valence-electron chi connectivity index (χ2n) is 6.01. The standard InChI is InChI=1S/C15H25N3/c1-9(2)5-13-14(17-18-15(13)16)12-7-10(3)6-11(4)8-12/h6-9,13-15,17-18H,5,16H2,1-4H3. The van der Waals surface area contributed by atoms with E-state index in [1.165, 1.54) is 16.7 Å². The van der Waals surface area contributed by atoms with E-state index in [0.29, 0.717) is 17.9 Å². The van der Waals surface area contributed by atoms with E-state index in [-0.39, 0.29) is 6.17 Å². The van der Waals surface area contributed by atoms with Crippen LogP contribution in [-0.2, 0) is 0 Å². The van der Waals surface area contributed by atoms with Gasteiger partial charge in [0.25, 0.3) is 0 Å². The molecule has 1 saturated heterocycles. The Kier molecular flexibility index (Phi) is 4.05. The molecule has 1 fully saturated rings. The van der Waals surface area contributed by atoms with Gasteiger partial charge in [-0.1, -0.05) is 43.2 Å². The van der Waals surface area contributed by atoms with Crippen LogP contribution in [0, 0.1) is 25.7 Å². The molecule has 4 N–H and O–H groups in total. The lowest BCUT2D eigenvalue weighted by Gasteiger charge is -2.23. The maximum atomic E-state index is 6.16. The maximum absolute atomic E-state index is 6.16. The number of hydrogen-bond donors (Lipinski definition) is 3.